The molecule has 0 unspecified atom stereocenters. The Hall–Kier alpha value is -3.66. The number of aromatic nitrogens is 2. The maximum Gasteiger partial charge on any atom is 0.248 e. The predicted molar refractivity (Wildman–Crippen MR) is 133 cm³/mol. The Kier molecular flexibility index (Phi) is 5.70. The van der Waals surface area contributed by atoms with Gasteiger partial charge in [-0.1, -0.05) is 62.7 Å². The normalized spacial score (nSPS) is 11.9. The van der Waals surface area contributed by atoms with Crippen molar-refractivity contribution in [1.29, 1.82) is 0 Å². The summed E-state index contributed by atoms with van der Waals surface area (Å²) in [6.07, 6.45) is 5.40. The Bertz CT molecular complexity index is 1290. The van der Waals surface area contributed by atoms with Crippen LogP contribution in [0.25, 0.3) is 23.0 Å². The Balaban J connectivity index is 1.63. The number of hydrogen-bond acceptors (Lipinski definition) is 2. The van der Waals surface area contributed by atoms with Crippen molar-refractivity contribution < 1.29 is 4.79 Å². The molecular formula is C28H29N3O. The summed E-state index contributed by atoms with van der Waals surface area (Å²) < 4.78 is 2.02. The van der Waals surface area contributed by atoms with E-state index in [1.165, 1.54) is 11.1 Å². The lowest BCUT2D eigenvalue weighted by Crippen LogP contribution is -2.12. The quantitative estimate of drug-likeness (QED) is 0.378. The number of aryl methyl sites for hydroxylation is 2. The van der Waals surface area contributed by atoms with Gasteiger partial charge in [-0.05, 0) is 60.7 Å². The molecule has 4 aromatic rings. The molecule has 0 bridgehead atoms. The lowest BCUT2D eigenvalue weighted by molar-refractivity contribution is -0.111. The first-order valence-electron chi connectivity index (χ1n) is 10.9. The van der Waals surface area contributed by atoms with E-state index in [4.69, 9.17) is 4.98 Å². The Morgan fingerprint density at radius 2 is 1.62 bits per heavy atom. The summed E-state index contributed by atoms with van der Waals surface area (Å²) in [5.41, 5.74) is 8.04. The Morgan fingerprint density at radius 1 is 0.938 bits per heavy atom. The number of anilines is 1. The highest BCUT2D eigenvalue weighted by Gasteiger charge is 2.14. The molecule has 0 aliphatic heterocycles. The van der Waals surface area contributed by atoms with E-state index in [1.54, 1.807) is 6.08 Å². The number of amides is 1. The first-order chi connectivity index (χ1) is 15.2. The molecule has 0 saturated carbocycles. The second kappa shape index (κ2) is 8.46. The van der Waals surface area contributed by atoms with E-state index >= 15 is 0 Å². The van der Waals surface area contributed by atoms with Crippen molar-refractivity contribution in [2.45, 2.75) is 40.0 Å². The second-order valence-corrected chi connectivity index (χ2v) is 9.29. The topological polar surface area (TPSA) is 46.4 Å². The average Bonchev–Trinajstić information content (AvgIpc) is 3.10. The van der Waals surface area contributed by atoms with Crippen LogP contribution in [0.4, 0.5) is 5.69 Å². The van der Waals surface area contributed by atoms with Crippen LogP contribution < -0.4 is 5.32 Å². The molecule has 1 N–H and O–H groups in total. The van der Waals surface area contributed by atoms with Crippen LogP contribution in [-0.2, 0) is 10.2 Å². The first-order valence-corrected chi connectivity index (χ1v) is 10.9. The van der Waals surface area contributed by atoms with Crippen LogP contribution in [0.3, 0.4) is 0 Å². The Morgan fingerprint density at radius 3 is 2.28 bits per heavy atom. The summed E-state index contributed by atoms with van der Waals surface area (Å²) in [6.45, 7) is 10.6. The van der Waals surface area contributed by atoms with Gasteiger partial charge in [0.25, 0.3) is 0 Å². The summed E-state index contributed by atoms with van der Waals surface area (Å²) in [4.78, 5) is 17.5. The average molecular weight is 424 g/mol. The summed E-state index contributed by atoms with van der Waals surface area (Å²) in [7, 11) is 0. The van der Waals surface area contributed by atoms with Gasteiger partial charge in [0.15, 0.2) is 0 Å². The summed E-state index contributed by atoms with van der Waals surface area (Å²) >= 11 is 0. The van der Waals surface area contributed by atoms with Crippen LogP contribution in [0.1, 0.15) is 43.2 Å². The summed E-state index contributed by atoms with van der Waals surface area (Å²) in [5.74, 6) is -0.176. The number of benzene rings is 2. The maximum absolute atomic E-state index is 12.6. The van der Waals surface area contributed by atoms with Crippen molar-refractivity contribution in [1.82, 2.24) is 9.38 Å². The molecule has 0 fully saturated rings. The zero-order chi connectivity index (χ0) is 22.9. The van der Waals surface area contributed by atoms with Crippen LogP contribution in [0, 0.1) is 13.8 Å². The van der Waals surface area contributed by atoms with E-state index in [2.05, 4.69) is 69.4 Å². The Labute approximate surface area is 189 Å². The maximum atomic E-state index is 12.6. The molecule has 162 valence electrons. The minimum Gasteiger partial charge on any atom is -0.323 e. The van der Waals surface area contributed by atoms with Crippen LogP contribution in [0.5, 0.6) is 0 Å². The molecule has 0 saturated heterocycles. The largest absolute Gasteiger partial charge is 0.323 e. The van der Waals surface area contributed by atoms with Gasteiger partial charge in [-0.25, -0.2) is 4.98 Å². The smallest absolute Gasteiger partial charge is 0.248 e. The molecule has 4 nitrogen and oxygen atoms in total. The number of rotatable bonds is 4. The van der Waals surface area contributed by atoms with E-state index in [1.807, 2.05) is 47.9 Å². The minimum atomic E-state index is -0.176. The van der Waals surface area contributed by atoms with Gasteiger partial charge < -0.3 is 5.32 Å². The van der Waals surface area contributed by atoms with Gasteiger partial charge in [0.05, 0.1) is 11.4 Å². The number of hydrogen-bond donors (Lipinski definition) is 1. The molecule has 0 spiro atoms. The number of nitrogens with one attached hydrogen (secondary N) is 1. The summed E-state index contributed by atoms with van der Waals surface area (Å²) in [6, 6.07) is 20.4. The predicted octanol–water partition coefficient (Wildman–Crippen LogP) is 6.57. The number of carbonyl (C=O) groups is 1. The number of pyridine rings is 1. The number of imidazole rings is 1. The number of nitrogens with zero attached hydrogens (tertiary/aromatic N) is 2. The monoisotopic (exact) mass is 423 g/mol. The molecule has 32 heavy (non-hydrogen) atoms. The van der Waals surface area contributed by atoms with Gasteiger partial charge in [-0.15, -0.1) is 0 Å². The SMILES string of the molecule is Cc1ccc(-c2nc3cc(C)ccn3c2/C=C/C(=O)Nc2ccc(C(C)(C)C)cc2)cc1. The van der Waals surface area contributed by atoms with Crippen LogP contribution >= 0.6 is 0 Å². The van der Waals surface area contributed by atoms with Crippen molar-refractivity contribution in [3.63, 3.8) is 0 Å². The van der Waals surface area contributed by atoms with Gasteiger partial charge in [-0.2, -0.15) is 0 Å². The fourth-order valence-corrected chi connectivity index (χ4v) is 3.64. The van der Waals surface area contributed by atoms with Gasteiger partial charge in [0, 0.05) is 23.5 Å². The fourth-order valence-electron chi connectivity index (χ4n) is 3.64. The third-order valence-corrected chi connectivity index (χ3v) is 5.55. The van der Waals surface area contributed by atoms with E-state index in [0.717, 1.165) is 33.8 Å². The molecule has 0 radical (unpaired) electrons. The van der Waals surface area contributed by atoms with Crippen molar-refractivity contribution in [3.05, 3.63) is 95.3 Å². The highest BCUT2D eigenvalue weighted by Crippen LogP contribution is 2.27. The van der Waals surface area contributed by atoms with E-state index in [-0.39, 0.29) is 11.3 Å². The van der Waals surface area contributed by atoms with Crippen molar-refractivity contribution in [2.24, 2.45) is 0 Å². The van der Waals surface area contributed by atoms with Gasteiger partial charge in [0.1, 0.15) is 5.65 Å². The van der Waals surface area contributed by atoms with Crippen LogP contribution in [0.2, 0.25) is 0 Å². The molecule has 1 amide bonds. The van der Waals surface area contributed by atoms with Gasteiger partial charge >= 0.3 is 0 Å². The summed E-state index contributed by atoms with van der Waals surface area (Å²) in [5, 5.41) is 2.95. The van der Waals surface area contributed by atoms with E-state index in [9.17, 15) is 4.79 Å². The molecular weight excluding hydrogens is 394 g/mol. The van der Waals surface area contributed by atoms with Crippen LogP contribution in [-0.4, -0.2) is 15.3 Å². The third kappa shape index (κ3) is 4.65. The number of fused-ring (bicyclic) bond motifs is 1. The first kappa shape index (κ1) is 21.6. The molecule has 0 aliphatic rings. The van der Waals surface area contributed by atoms with Gasteiger partial charge in [-0.3, -0.25) is 9.20 Å². The fraction of sp³-hybridized carbons (Fsp3) is 0.214. The zero-order valence-corrected chi connectivity index (χ0v) is 19.3. The van der Waals surface area contributed by atoms with E-state index < -0.39 is 0 Å². The third-order valence-electron chi connectivity index (χ3n) is 5.55. The van der Waals surface area contributed by atoms with Crippen molar-refractivity contribution in [2.75, 3.05) is 5.32 Å². The molecule has 0 aliphatic carbocycles. The molecule has 2 aromatic carbocycles. The molecule has 4 heteroatoms. The molecule has 2 heterocycles. The second-order valence-electron chi connectivity index (χ2n) is 9.29. The van der Waals surface area contributed by atoms with Crippen LogP contribution in [0.15, 0.2) is 72.9 Å². The minimum absolute atomic E-state index is 0.0796. The standard InChI is InChI=1S/C28H29N3O/c1-19-6-8-21(9-7-19)27-24(31-17-16-20(2)18-25(31)30-27)14-15-26(32)29-23-12-10-22(11-13-23)28(3,4)5/h6-18H,1-5H3,(H,29,32)/b15-14+. The van der Waals surface area contributed by atoms with Crippen molar-refractivity contribution in [3.8, 4) is 11.3 Å². The molecule has 2 aromatic heterocycles. The van der Waals surface area contributed by atoms with Crippen molar-refractivity contribution >= 4 is 23.3 Å². The highest BCUT2D eigenvalue weighted by molar-refractivity contribution is 6.02. The lowest BCUT2D eigenvalue weighted by atomic mass is 9.87. The van der Waals surface area contributed by atoms with Gasteiger partial charge in [0.2, 0.25) is 5.91 Å². The molecule has 0 atom stereocenters. The zero-order valence-electron chi connectivity index (χ0n) is 19.3. The lowest BCUT2D eigenvalue weighted by Gasteiger charge is -2.19. The number of carbonyl (C=O) groups excluding carboxylic acids is 1. The molecule has 4 rings (SSSR count). The highest BCUT2D eigenvalue weighted by atomic mass is 16.1. The van der Waals surface area contributed by atoms with E-state index in [0.29, 0.717) is 0 Å².